The molecule has 1 aliphatic heterocycles. The molecule has 1 saturated carbocycles. The monoisotopic (exact) mass is 387 g/mol. The number of benzene rings is 1. The number of methoxy groups -OCH3 is 1. The highest BCUT2D eigenvalue weighted by Gasteiger charge is 2.29. The van der Waals surface area contributed by atoms with Crippen molar-refractivity contribution in [1.29, 1.82) is 0 Å². The third-order valence-electron chi connectivity index (χ3n) is 5.95. The molecule has 0 spiro atoms. The minimum Gasteiger partial charge on any atom is -0.465 e. The number of ether oxygens (including phenoxy) is 1. The van der Waals surface area contributed by atoms with Gasteiger partial charge in [0.2, 0.25) is 0 Å². The Morgan fingerprint density at radius 1 is 1.21 bits per heavy atom. The maximum atomic E-state index is 11.9. The summed E-state index contributed by atoms with van der Waals surface area (Å²) in [6.45, 7) is 4.35. The van der Waals surface area contributed by atoms with Crippen molar-refractivity contribution in [2.24, 2.45) is 0 Å². The average molecular weight is 387 g/mol. The molecule has 4 rings (SSSR count). The van der Waals surface area contributed by atoms with Crippen molar-refractivity contribution in [1.82, 2.24) is 20.0 Å². The van der Waals surface area contributed by atoms with Crippen molar-refractivity contribution in [3.8, 4) is 0 Å². The van der Waals surface area contributed by atoms with Gasteiger partial charge in [-0.15, -0.1) is 0 Å². The lowest BCUT2D eigenvalue weighted by molar-refractivity contribution is -0.385. The van der Waals surface area contributed by atoms with Gasteiger partial charge in [0.25, 0.3) is 5.69 Å². The fourth-order valence-corrected chi connectivity index (χ4v) is 4.43. The van der Waals surface area contributed by atoms with Gasteiger partial charge in [-0.3, -0.25) is 19.7 Å². The number of hydrogen-bond donors (Lipinski definition) is 1. The van der Waals surface area contributed by atoms with Gasteiger partial charge in [-0.2, -0.15) is 5.10 Å². The van der Waals surface area contributed by atoms with Crippen LogP contribution in [0.3, 0.4) is 0 Å². The van der Waals surface area contributed by atoms with Crippen LogP contribution in [0.1, 0.15) is 42.1 Å². The van der Waals surface area contributed by atoms with E-state index in [0.29, 0.717) is 16.9 Å². The summed E-state index contributed by atoms with van der Waals surface area (Å²) in [7, 11) is 1.21. The van der Waals surface area contributed by atoms with E-state index >= 15 is 0 Å². The molecule has 9 heteroatoms. The van der Waals surface area contributed by atoms with Crippen LogP contribution >= 0.6 is 0 Å². The minimum absolute atomic E-state index is 0.0623. The van der Waals surface area contributed by atoms with Crippen LogP contribution in [-0.2, 0) is 4.74 Å². The fraction of sp³-hybridized carbons (Fsp3) is 0.579. The highest BCUT2D eigenvalue weighted by molar-refractivity contribution is 5.99. The number of fused-ring (bicyclic) bond motifs is 1. The zero-order valence-electron chi connectivity index (χ0n) is 16.0. The summed E-state index contributed by atoms with van der Waals surface area (Å²) < 4.78 is 6.60. The Hall–Kier alpha value is -2.52. The Labute approximate surface area is 162 Å². The van der Waals surface area contributed by atoms with Gasteiger partial charge in [0, 0.05) is 49.9 Å². The first-order valence-electron chi connectivity index (χ1n) is 9.77. The summed E-state index contributed by atoms with van der Waals surface area (Å²) in [6.07, 6.45) is 6.20. The highest BCUT2D eigenvalue weighted by atomic mass is 16.6. The lowest BCUT2D eigenvalue weighted by Crippen LogP contribution is -2.49. The lowest BCUT2D eigenvalue weighted by atomic mass is 9.90. The Morgan fingerprint density at radius 2 is 1.89 bits per heavy atom. The maximum absolute atomic E-state index is 11.9. The van der Waals surface area contributed by atoms with E-state index in [9.17, 15) is 14.9 Å². The molecule has 150 valence electrons. The zero-order valence-corrected chi connectivity index (χ0v) is 16.0. The summed E-state index contributed by atoms with van der Waals surface area (Å²) in [4.78, 5) is 25.3. The van der Waals surface area contributed by atoms with E-state index in [-0.39, 0.29) is 17.3 Å². The first-order chi connectivity index (χ1) is 13.6. The lowest BCUT2D eigenvalue weighted by Gasteiger charge is -2.39. The van der Waals surface area contributed by atoms with Crippen LogP contribution in [0.2, 0.25) is 0 Å². The summed E-state index contributed by atoms with van der Waals surface area (Å²) in [5, 5.41) is 20.0. The van der Waals surface area contributed by atoms with Gasteiger partial charge in [-0.1, -0.05) is 0 Å². The second-order valence-corrected chi connectivity index (χ2v) is 7.53. The van der Waals surface area contributed by atoms with E-state index in [2.05, 4.69) is 20.1 Å². The molecule has 28 heavy (non-hydrogen) atoms. The van der Waals surface area contributed by atoms with Crippen LogP contribution in [0, 0.1) is 10.1 Å². The first-order valence-corrected chi connectivity index (χ1v) is 9.77. The Kier molecular flexibility index (Phi) is 5.27. The number of carbonyl (C=O) groups excluding carboxylic acids is 1. The number of nitrogens with zero attached hydrogens (tertiary/aromatic N) is 4. The first kappa shape index (κ1) is 18.8. The third kappa shape index (κ3) is 3.59. The van der Waals surface area contributed by atoms with Gasteiger partial charge < -0.3 is 10.1 Å². The topological polar surface area (TPSA) is 103 Å². The molecule has 0 atom stereocenters. The van der Waals surface area contributed by atoms with Crippen LogP contribution in [-0.4, -0.2) is 64.9 Å². The van der Waals surface area contributed by atoms with E-state index in [1.165, 1.54) is 19.2 Å². The zero-order chi connectivity index (χ0) is 19.7. The predicted octanol–water partition coefficient (Wildman–Crippen LogP) is 2.12. The summed E-state index contributed by atoms with van der Waals surface area (Å²) in [5.41, 5.74) is 0.268. The molecular formula is C19H25N5O4. The third-order valence-corrected chi connectivity index (χ3v) is 5.95. The largest absolute Gasteiger partial charge is 0.465 e. The number of nitro benzene ring substituents is 1. The number of esters is 1. The van der Waals surface area contributed by atoms with Crippen molar-refractivity contribution in [3.05, 3.63) is 34.0 Å². The SMILES string of the molecule is COC(=O)c1cc2nn(C3CCC(N4CCNCC4)CC3)cc2cc1[N+](=O)[O-]. The molecule has 0 unspecified atom stereocenters. The van der Waals surface area contributed by atoms with Crippen molar-refractivity contribution in [2.75, 3.05) is 33.3 Å². The molecule has 1 N–H and O–H groups in total. The highest BCUT2D eigenvalue weighted by Crippen LogP contribution is 2.33. The van der Waals surface area contributed by atoms with Crippen LogP contribution in [0.4, 0.5) is 5.69 Å². The maximum Gasteiger partial charge on any atom is 0.344 e. The molecule has 1 aliphatic carbocycles. The van der Waals surface area contributed by atoms with E-state index in [0.717, 1.165) is 51.9 Å². The Morgan fingerprint density at radius 3 is 2.54 bits per heavy atom. The van der Waals surface area contributed by atoms with E-state index in [4.69, 9.17) is 0 Å². The molecule has 2 heterocycles. The quantitative estimate of drug-likeness (QED) is 0.487. The van der Waals surface area contributed by atoms with Crippen molar-refractivity contribution < 1.29 is 14.5 Å². The van der Waals surface area contributed by atoms with Gasteiger partial charge in [-0.05, 0) is 31.7 Å². The molecular weight excluding hydrogens is 362 g/mol. The van der Waals surface area contributed by atoms with Crippen molar-refractivity contribution in [3.63, 3.8) is 0 Å². The normalized spacial score (nSPS) is 23.6. The Balaban J connectivity index is 1.53. The summed E-state index contributed by atoms with van der Waals surface area (Å²) >= 11 is 0. The van der Waals surface area contributed by atoms with Gasteiger partial charge in [0.05, 0.1) is 23.6 Å². The van der Waals surface area contributed by atoms with Gasteiger partial charge in [0.15, 0.2) is 0 Å². The van der Waals surface area contributed by atoms with Crippen molar-refractivity contribution in [2.45, 2.75) is 37.8 Å². The second-order valence-electron chi connectivity index (χ2n) is 7.53. The Bertz CT molecular complexity index is 882. The molecule has 1 aromatic carbocycles. The number of rotatable bonds is 4. The number of piperazine rings is 1. The van der Waals surface area contributed by atoms with Gasteiger partial charge in [0.1, 0.15) is 5.56 Å². The number of nitrogens with one attached hydrogen (secondary N) is 1. The molecule has 1 aromatic heterocycles. The molecule has 0 amide bonds. The second kappa shape index (κ2) is 7.84. The molecule has 2 aromatic rings. The molecule has 0 bridgehead atoms. The smallest absolute Gasteiger partial charge is 0.344 e. The number of aromatic nitrogens is 2. The van der Waals surface area contributed by atoms with Crippen LogP contribution in [0.15, 0.2) is 18.3 Å². The van der Waals surface area contributed by atoms with Crippen molar-refractivity contribution >= 4 is 22.6 Å². The average Bonchev–Trinajstić information content (AvgIpc) is 3.16. The number of hydrogen-bond acceptors (Lipinski definition) is 7. The predicted molar refractivity (Wildman–Crippen MR) is 103 cm³/mol. The molecule has 9 nitrogen and oxygen atoms in total. The summed E-state index contributed by atoms with van der Waals surface area (Å²) in [5.74, 6) is -0.723. The van der Waals surface area contributed by atoms with E-state index in [1.807, 2.05) is 10.9 Å². The van der Waals surface area contributed by atoms with Crippen LogP contribution < -0.4 is 5.32 Å². The molecule has 2 fully saturated rings. The molecule has 2 aliphatic rings. The van der Waals surface area contributed by atoms with Crippen LogP contribution in [0.5, 0.6) is 0 Å². The van der Waals surface area contributed by atoms with Gasteiger partial charge in [-0.25, -0.2) is 4.79 Å². The fourth-order valence-electron chi connectivity index (χ4n) is 4.43. The number of carbonyl (C=O) groups is 1. The van der Waals surface area contributed by atoms with Crippen LogP contribution in [0.25, 0.3) is 10.9 Å². The molecule has 0 radical (unpaired) electrons. The standard InChI is InChI=1S/C19H25N5O4/c1-28-19(25)16-11-17-13(10-18(16)24(26)27)12-23(21-17)15-4-2-14(3-5-15)22-8-6-20-7-9-22/h10-12,14-15,20H,2-9H2,1H3. The number of nitro groups is 1. The van der Waals surface area contributed by atoms with E-state index in [1.54, 1.807) is 0 Å². The minimum atomic E-state index is -0.723. The van der Waals surface area contributed by atoms with E-state index < -0.39 is 10.9 Å². The summed E-state index contributed by atoms with van der Waals surface area (Å²) in [6, 6.07) is 3.79. The molecule has 1 saturated heterocycles. The van der Waals surface area contributed by atoms with Gasteiger partial charge >= 0.3 is 5.97 Å².